The van der Waals surface area contributed by atoms with Gasteiger partial charge in [-0.2, -0.15) is 0 Å². The van der Waals surface area contributed by atoms with Crippen LogP contribution in [0.5, 0.6) is 0 Å². The van der Waals surface area contributed by atoms with E-state index in [1.807, 2.05) is 0 Å². The van der Waals surface area contributed by atoms with Crippen molar-refractivity contribution >= 4 is 34.5 Å². The predicted octanol–water partition coefficient (Wildman–Crippen LogP) is 2.64. The van der Waals surface area contributed by atoms with Crippen molar-refractivity contribution in [3.05, 3.63) is 33.8 Å². The molecule has 6 heteroatoms. The lowest BCUT2D eigenvalue weighted by molar-refractivity contribution is 0.103. The van der Waals surface area contributed by atoms with Crippen LogP contribution in [0.4, 0.5) is 5.69 Å². The van der Waals surface area contributed by atoms with Gasteiger partial charge in [0.1, 0.15) is 12.0 Å². The summed E-state index contributed by atoms with van der Waals surface area (Å²) in [5, 5.41) is 6.07. The lowest BCUT2D eigenvalue weighted by Gasteiger charge is -1.96. The predicted molar refractivity (Wildman–Crippen MR) is 53.8 cm³/mol. The van der Waals surface area contributed by atoms with Gasteiger partial charge in [-0.1, -0.05) is 16.8 Å². The third-order valence-electron chi connectivity index (χ3n) is 1.49. The molecule has 0 spiro atoms. The number of hydrogen-bond acceptors (Lipinski definition) is 4. The van der Waals surface area contributed by atoms with Crippen LogP contribution in [0.15, 0.2) is 29.1 Å². The molecule has 0 saturated heterocycles. The van der Waals surface area contributed by atoms with Gasteiger partial charge in [0.05, 0.1) is 15.4 Å². The van der Waals surface area contributed by atoms with Crippen LogP contribution in [0.2, 0.25) is 4.34 Å². The van der Waals surface area contributed by atoms with Crippen LogP contribution in [-0.2, 0) is 0 Å². The van der Waals surface area contributed by atoms with E-state index in [2.05, 4.69) is 15.0 Å². The molecule has 0 saturated carbocycles. The van der Waals surface area contributed by atoms with Crippen molar-refractivity contribution in [3.8, 4) is 0 Å². The zero-order valence-electron chi connectivity index (χ0n) is 6.86. The second kappa shape index (κ2) is 3.81. The Balaban J connectivity index is 2.10. The molecule has 0 aliphatic heterocycles. The normalized spacial score (nSPS) is 10.1. The molecule has 2 aromatic rings. The van der Waals surface area contributed by atoms with Crippen molar-refractivity contribution in [3.63, 3.8) is 0 Å². The van der Waals surface area contributed by atoms with Crippen LogP contribution in [0.25, 0.3) is 0 Å². The Hall–Kier alpha value is -1.33. The number of carbonyl (C=O) groups excluding carboxylic acids is 1. The topological polar surface area (TPSA) is 55.1 Å². The van der Waals surface area contributed by atoms with Crippen molar-refractivity contribution in [1.82, 2.24) is 5.16 Å². The van der Waals surface area contributed by atoms with Gasteiger partial charge in [0, 0.05) is 0 Å². The van der Waals surface area contributed by atoms with Crippen LogP contribution in [0.1, 0.15) is 9.67 Å². The molecule has 72 valence electrons. The number of halogens is 1. The van der Waals surface area contributed by atoms with Crippen molar-refractivity contribution in [2.45, 2.75) is 0 Å². The summed E-state index contributed by atoms with van der Waals surface area (Å²) in [6.45, 7) is 0. The Morgan fingerprint density at radius 1 is 1.57 bits per heavy atom. The van der Waals surface area contributed by atoms with E-state index in [4.69, 9.17) is 11.6 Å². The molecule has 0 fully saturated rings. The monoisotopic (exact) mass is 228 g/mol. The molecular formula is C8H5ClN2O2S. The van der Waals surface area contributed by atoms with E-state index in [9.17, 15) is 4.79 Å². The van der Waals surface area contributed by atoms with E-state index in [-0.39, 0.29) is 5.91 Å². The fourth-order valence-electron chi connectivity index (χ4n) is 0.896. The minimum atomic E-state index is -0.217. The van der Waals surface area contributed by atoms with Gasteiger partial charge in [-0.15, -0.1) is 11.3 Å². The highest BCUT2D eigenvalue weighted by molar-refractivity contribution is 7.18. The third-order valence-corrected chi connectivity index (χ3v) is 2.72. The fourth-order valence-corrected chi connectivity index (χ4v) is 1.83. The number of nitrogens with one attached hydrogen (secondary N) is 1. The maximum atomic E-state index is 11.5. The summed E-state index contributed by atoms with van der Waals surface area (Å²) in [5.41, 5.74) is 0.527. The summed E-state index contributed by atoms with van der Waals surface area (Å²) in [4.78, 5) is 12.0. The van der Waals surface area contributed by atoms with E-state index < -0.39 is 0 Å². The summed E-state index contributed by atoms with van der Waals surface area (Å²) in [5.74, 6) is -0.217. The molecule has 2 heterocycles. The summed E-state index contributed by atoms with van der Waals surface area (Å²) in [6, 6.07) is 3.34. The standard InChI is InChI=1S/C8H5ClN2O2S/c9-7-2-1-6(14-7)8(12)11-5-3-10-13-4-5/h1-4H,(H,11,12). The second-order valence-electron chi connectivity index (χ2n) is 2.47. The zero-order chi connectivity index (χ0) is 9.97. The first-order valence-electron chi connectivity index (χ1n) is 3.72. The Kier molecular flexibility index (Phi) is 2.51. The lowest BCUT2D eigenvalue weighted by atomic mass is 10.4. The van der Waals surface area contributed by atoms with Gasteiger partial charge in [0.15, 0.2) is 0 Å². The molecule has 0 radical (unpaired) electrons. The molecule has 0 unspecified atom stereocenters. The Morgan fingerprint density at radius 2 is 2.43 bits per heavy atom. The van der Waals surface area contributed by atoms with E-state index in [0.29, 0.717) is 14.9 Å². The Labute approximate surface area is 88.5 Å². The highest BCUT2D eigenvalue weighted by atomic mass is 35.5. The second-order valence-corrected chi connectivity index (χ2v) is 4.19. The average Bonchev–Trinajstić information content (AvgIpc) is 2.75. The van der Waals surface area contributed by atoms with Crippen LogP contribution < -0.4 is 5.32 Å². The third kappa shape index (κ3) is 1.94. The molecule has 4 nitrogen and oxygen atoms in total. The minimum absolute atomic E-state index is 0.217. The minimum Gasteiger partial charge on any atom is -0.363 e. The smallest absolute Gasteiger partial charge is 0.265 e. The fraction of sp³-hybridized carbons (Fsp3) is 0. The Bertz CT molecular complexity index is 438. The van der Waals surface area contributed by atoms with Crippen molar-refractivity contribution in [2.75, 3.05) is 5.32 Å². The van der Waals surface area contributed by atoms with Crippen LogP contribution in [-0.4, -0.2) is 11.1 Å². The number of aromatic nitrogens is 1. The van der Waals surface area contributed by atoms with Crippen molar-refractivity contribution < 1.29 is 9.32 Å². The highest BCUT2D eigenvalue weighted by Crippen LogP contribution is 2.22. The van der Waals surface area contributed by atoms with Gasteiger partial charge < -0.3 is 9.84 Å². The molecular weight excluding hydrogens is 224 g/mol. The maximum Gasteiger partial charge on any atom is 0.265 e. The number of carbonyl (C=O) groups is 1. The van der Waals surface area contributed by atoms with Gasteiger partial charge in [0.2, 0.25) is 0 Å². The quantitative estimate of drug-likeness (QED) is 0.860. The largest absolute Gasteiger partial charge is 0.363 e. The molecule has 0 aliphatic carbocycles. The summed E-state index contributed by atoms with van der Waals surface area (Å²) >= 11 is 6.91. The zero-order valence-corrected chi connectivity index (χ0v) is 8.43. The molecule has 0 aromatic carbocycles. The van der Waals surface area contributed by atoms with Gasteiger partial charge in [-0.05, 0) is 12.1 Å². The van der Waals surface area contributed by atoms with Gasteiger partial charge in [-0.3, -0.25) is 4.79 Å². The first-order valence-corrected chi connectivity index (χ1v) is 4.91. The molecule has 0 aliphatic rings. The number of nitrogens with zero attached hydrogens (tertiary/aromatic N) is 1. The summed E-state index contributed by atoms with van der Waals surface area (Å²) in [7, 11) is 0. The van der Waals surface area contributed by atoms with Gasteiger partial charge in [0.25, 0.3) is 5.91 Å². The van der Waals surface area contributed by atoms with Crippen LogP contribution >= 0.6 is 22.9 Å². The lowest BCUT2D eigenvalue weighted by Crippen LogP contribution is -2.09. The molecule has 2 aromatic heterocycles. The molecule has 0 atom stereocenters. The average molecular weight is 229 g/mol. The first kappa shape index (κ1) is 9.23. The number of anilines is 1. The van der Waals surface area contributed by atoms with E-state index in [0.717, 1.165) is 0 Å². The first-order chi connectivity index (χ1) is 6.75. The SMILES string of the molecule is O=C(Nc1cnoc1)c1ccc(Cl)s1. The van der Waals surface area contributed by atoms with Gasteiger partial charge in [-0.25, -0.2) is 0 Å². The molecule has 0 bridgehead atoms. The maximum absolute atomic E-state index is 11.5. The number of rotatable bonds is 2. The number of thiophene rings is 1. The van der Waals surface area contributed by atoms with E-state index in [1.54, 1.807) is 12.1 Å². The van der Waals surface area contributed by atoms with Crippen LogP contribution in [0, 0.1) is 0 Å². The molecule has 2 rings (SSSR count). The molecule has 14 heavy (non-hydrogen) atoms. The van der Waals surface area contributed by atoms with Gasteiger partial charge >= 0.3 is 0 Å². The van der Waals surface area contributed by atoms with Crippen molar-refractivity contribution in [1.29, 1.82) is 0 Å². The molecule has 1 N–H and O–H groups in total. The van der Waals surface area contributed by atoms with Crippen LogP contribution in [0.3, 0.4) is 0 Å². The van der Waals surface area contributed by atoms with E-state index >= 15 is 0 Å². The Morgan fingerprint density at radius 3 is 3.00 bits per heavy atom. The highest BCUT2D eigenvalue weighted by Gasteiger charge is 2.09. The van der Waals surface area contributed by atoms with E-state index in [1.165, 1.54) is 23.8 Å². The number of hydrogen-bond donors (Lipinski definition) is 1. The number of amides is 1. The summed E-state index contributed by atoms with van der Waals surface area (Å²) < 4.78 is 5.15. The summed E-state index contributed by atoms with van der Waals surface area (Å²) in [6.07, 6.45) is 2.78. The molecule has 1 amide bonds. The van der Waals surface area contributed by atoms with Crippen molar-refractivity contribution in [2.24, 2.45) is 0 Å².